The first-order valence-corrected chi connectivity index (χ1v) is 4.96. The molecule has 1 aliphatic rings. The molecule has 14 heavy (non-hydrogen) atoms. The molecule has 1 aliphatic carbocycles. The van der Waals surface area contributed by atoms with Crippen molar-refractivity contribution >= 4 is 23.7 Å². The predicted molar refractivity (Wildman–Crippen MR) is 55.3 cm³/mol. The molecular formula is C10H10ClN2O. The van der Waals surface area contributed by atoms with Gasteiger partial charge >= 0.3 is 0 Å². The van der Waals surface area contributed by atoms with Gasteiger partial charge in [0, 0.05) is 6.54 Å². The molecule has 1 saturated carbocycles. The summed E-state index contributed by atoms with van der Waals surface area (Å²) in [5, 5.41) is 3.50. The molecule has 1 aromatic rings. The van der Waals surface area contributed by atoms with Crippen LogP contribution in [0.1, 0.15) is 18.4 Å². The lowest BCUT2D eigenvalue weighted by Gasteiger charge is -2.06. The summed E-state index contributed by atoms with van der Waals surface area (Å²) < 4.78 is 0. The van der Waals surface area contributed by atoms with Crippen molar-refractivity contribution in [1.29, 1.82) is 0 Å². The normalized spacial score (nSPS) is 15.2. The molecule has 1 aromatic heterocycles. The van der Waals surface area contributed by atoms with Crippen LogP contribution in [0.25, 0.3) is 0 Å². The van der Waals surface area contributed by atoms with Crippen molar-refractivity contribution < 1.29 is 4.79 Å². The first-order chi connectivity index (χ1) is 6.79. The molecule has 73 valence electrons. The van der Waals surface area contributed by atoms with E-state index in [-0.39, 0.29) is 0 Å². The summed E-state index contributed by atoms with van der Waals surface area (Å²) in [7, 11) is 0. The fraction of sp³-hybridized carbons (Fsp3) is 0.400. The Hall–Kier alpha value is -1.09. The number of hydrogen-bond donors (Lipinski definition) is 1. The maximum atomic E-state index is 10.6. The van der Waals surface area contributed by atoms with E-state index in [1.807, 2.05) is 6.29 Å². The van der Waals surface area contributed by atoms with Crippen molar-refractivity contribution in [2.45, 2.75) is 12.8 Å². The van der Waals surface area contributed by atoms with Gasteiger partial charge in [0.1, 0.15) is 11.0 Å². The highest BCUT2D eigenvalue weighted by atomic mass is 35.5. The number of nitrogens with zero attached hydrogens (tertiary/aromatic N) is 1. The zero-order chi connectivity index (χ0) is 9.97. The van der Waals surface area contributed by atoms with Crippen LogP contribution in [0.3, 0.4) is 0 Å². The Balaban J connectivity index is 2.11. The second-order valence-corrected chi connectivity index (χ2v) is 3.84. The molecule has 3 nitrogen and oxygen atoms in total. The third-order valence-corrected chi connectivity index (χ3v) is 2.44. The second kappa shape index (κ2) is 3.96. The average Bonchev–Trinajstić information content (AvgIpc) is 2.98. The summed E-state index contributed by atoms with van der Waals surface area (Å²) in [4.78, 5) is 14.6. The van der Waals surface area contributed by atoms with Crippen LogP contribution in [0.2, 0.25) is 5.15 Å². The number of hydrogen-bond acceptors (Lipinski definition) is 3. The van der Waals surface area contributed by atoms with E-state index in [0.717, 1.165) is 12.5 Å². The minimum absolute atomic E-state index is 0.391. The predicted octanol–water partition coefficient (Wildman–Crippen LogP) is 2.01. The third kappa shape index (κ3) is 2.23. The minimum Gasteiger partial charge on any atom is -0.369 e. The molecule has 0 aliphatic heterocycles. The maximum absolute atomic E-state index is 10.6. The van der Waals surface area contributed by atoms with Crippen LogP contribution in [0, 0.1) is 5.92 Å². The van der Waals surface area contributed by atoms with E-state index < -0.39 is 0 Å². The number of carbonyl (C=O) groups excluding carboxylic acids is 1. The summed E-state index contributed by atoms with van der Waals surface area (Å²) in [6.07, 6.45) is 4.35. The molecule has 1 fully saturated rings. The number of anilines is 1. The maximum Gasteiger partial charge on any atom is 0.237 e. The Morgan fingerprint density at radius 2 is 2.36 bits per heavy atom. The Kier molecular flexibility index (Phi) is 2.68. The third-order valence-electron chi connectivity index (χ3n) is 2.23. The van der Waals surface area contributed by atoms with Crippen molar-refractivity contribution in [3.63, 3.8) is 0 Å². The SMILES string of the molecule is O=[C]c1ccc(Cl)nc1NCC1CC1. The summed E-state index contributed by atoms with van der Waals surface area (Å²) in [6, 6.07) is 3.21. The quantitative estimate of drug-likeness (QED) is 0.772. The lowest BCUT2D eigenvalue weighted by atomic mass is 10.3. The van der Waals surface area contributed by atoms with Crippen LogP contribution < -0.4 is 5.32 Å². The van der Waals surface area contributed by atoms with Crippen LogP contribution in [0.15, 0.2) is 12.1 Å². The molecule has 1 N–H and O–H groups in total. The van der Waals surface area contributed by atoms with E-state index in [2.05, 4.69) is 10.3 Å². The zero-order valence-corrected chi connectivity index (χ0v) is 8.34. The van der Waals surface area contributed by atoms with Gasteiger partial charge in [-0.25, -0.2) is 4.98 Å². The van der Waals surface area contributed by atoms with E-state index >= 15 is 0 Å². The summed E-state index contributed by atoms with van der Waals surface area (Å²) in [5.41, 5.74) is 0.440. The van der Waals surface area contributed by atoms with Crippen LogP contribution in [0.5, 0.6) is 0 Å². The molecule has 1 heterocycles. The highest BCUT2D eigenvalue weighted by Gasteiger charge is 2.21. The lowest BCUT2D eigenvalue weighted by molar-refractivity contribution is 0.562. The number of rotatable bonds is 4. The largest absolute Gasteiger partial charge is 0.369 e. The van der Waals surface area contributed by atoms with E-state index in [4.69, 9.17) is 11.6 Å². The topological polar surface area (TPSA) is 42.0 Å². The second-order valence-electron chi connectivity index (χ2n) is 3.46. The smallest absolute Gasteiger partial charge is 0.237 e. The Bertz CT molecular complexity index is 350. The van der Waals surface area contributed by atoms with Crippen molar-refractivity contribution in [1.82, 2.24) is 4.98 Å². The Morgan fingerprint density at radius 1 is 1.57 bits per heavy atom. The Morgan fingerprint density at radius 3 is 3.00 bits per heavy atom. The fourth-order valence-electron chi connectivity index (χ4n) is 1.22. The van der Waals surface area contributed by atoms with Crippen LogP contribution in [-0.2, 0) is 4.79 Å². The number of aromatic nitrogens is 1. The van der Waals surface area contributed by atoms with Crippen molar-refractivity contribution in [3.05, 3.63) is 22.8 Å². The van der Waals surface area contributed by atoms with Gasteiger partial charge in [0.05, 0.1) is 5.56 Å². The van der Waals surface area contributed by atoms with Crippen molar-refractivity contribution in [3.8, 4) is 0 Å². The zero-order valence-electron chi connectivity index (χ0n) is 7.59. The highest BCUT2D eigenvalue weighted by Crippen LogP contribution is 2.29. The highest BCUT2D eigenvalue weighted by molar-refractivity contribution is 6.29. The standard InChI is InChI=1S/C10H10ClN2O/c11-9-4-3-8(6-14)10(13-9)12-5-7-1-2-7/h3-4,7H,1-2,5H2,(H,12,13). The molecular weight excluding hydrogens is 200 g/mol. The van der Waals surface area contributed by atoms with Gasteiger partial charge in [-0.05, 0) is 30.9 Å². The van der Waals surface area contributed by atoms with Gasteiger partial charge < -0.3 is 5.32 Å². The van der Waals surface area contributed by atoms with Gasteiger partial charge in [0.2, 0.25) is 6.29 Å². The van der Waals surface area contributed by atoms with Crippen molar-refractivity contribution in [2.24, 2.45) is 5.92 Å². The molecule has 0 aromatic carbocycles. The molecule has 4 heteroatoms. The minimum atomic E-state index is 0.391. The molecule has 0 atom stereocenters. The van der Waals surface area contributed by atoms with E-state index in [0.29, 0.717) is 16.5 Å². The van der Waals surface area contributed by atoms with Gasteiger partial charge in [-0.1, -0.05) is 11.6 Å². The van der Waals surface area contributed by atoms with E-state index in [9.17, 15) is 4.79 Å². The van der Waals surface area contributed by atoms with Gasteiger partial charge in [0.25, 0.3) is 0 Å². The molecule has 2 rings (SSSR count). The average molecular weight is 210 g/mol. The molecule has 0 spiro atoms. The molecule has 0 bridgehead atoms. The molecule has 1 radical (unpaired) electrons. The number of pyridine rings is 1. The van der Waals surface area contributed by atoms with E-state index in [1.165, 1.54) is 12.8 Å². The monoisotopic (exact) mass is 209 g/mol. The van der Waals surface area contributed by atoms with Crippen LogP contribution in [0.4, 0.5) is 5.82 Å². The molecule has 0 unspecified atom stereocenters. The Labute approximate surface area is 87.5 Å². The molecule has 0 saturated heterocycles. The summed E-state index contributed by atoms with van der Waals surface area (Å²) >= 11 is 5.72. The number of halogens is 1. The first kappa shape index (κ1) is 9.46. The van der Waals surface area contributed by atoms with Gasteiger partial charge in [0.15, 0.2) is 0 Å². The van der Waals surface area contributed by atoms with Crippen LogP contribution >= 0.6 is 11.6 Å². The first-order valence-electron chi connectivity index (χ1n) is 4.58. The van der Waals surface area contributed by atoms with E-state index in [1.54, 1.807) is 12.1 Å². The van der Waals surface area contributed by atoms with Crippen molar-refractivity contribution in [2.75, 3.05) is 11.9 Å². The summed E-state index contributed by atoms with van der Waals surface area (Å²) in [6.45, 7) is 0.863. The van der Waals surface area contributed by atoms with Gasteiger partial charge in [-0.15, -0.1) is 0 Å². The van der Waals surface area contributed by atoms with Crippen LogP contribution in [-0.4, -0.2) is 17.8 Å². The van der Waals surface area contributed by atoms with Gasteiger partial charge in [-0.3, -0.25) is 4.79 Å². The lowest BCUT2D eigenvalue weighted by Crippen LogP contribution is -2.07. The summed E-state index contributed by atoms with van der Waals surface area (Å²) in [5.74, 6) is 1.27. The number of nitrogens with one attached hydrogen (secondary N) is 1. The van der Waals surface area contributed by atoms with Gasteiger partial charge in [-0.2, -0.15) is 0 Å². The molecule has 0 amide bonds. The fourth-order valence-corrected chi connectivity index (χ4v) is 1.36.